The van der Waals surface area contributed by atoms with Crippen LogP contribution in [-0.2, 0) is 4.79 Å². The molecule has 0 unspecified atom stereocenters. The number of halogens is 2. The van der Waals surface area contributed by atoms with E-state index in [0.717, 1.165) is 0 Å². The number of nitrogens with zero attached hydrogens (tertiary/aromatic N) is 3. The van der Waals surface area contributed by atoms with Crippen LogP contribution < -0.4 is 10.1 Å². The number of nitrogens with one attached hydrogen (secondary N) is 1. The summed E-state index contributed by atoms with van der Waals surface area (Å²) in [5.41, 5.74) is 0.497. The van der Waals surface area contributed by atoms with E-state index in [1.54, 1.807) is 0 Å². The van der Waals surface area contributed by atoms with E-state index in [4.69, 9.17) is 4.74 Å². The Kier molecular flexibility index (Phi) is 4.46. The number of rotatable bonds is 5. The number of hydrogen-bond acceptors (Lipinski definition) is 4. The van der Waals surface area contributed by atoms with Crippen molar-refractivity contribution in [1.82, 2.24) is 14.8 Å². The van der Waals surface area contributed by atoms with Gasteiger partial charge in [-0.2, -0.15) is 5.10 Å². The van der Waals surface area contributed by atoms with Gasteiger partial charge in [-0.15, -0.1) is 0 Å². The summed E-state index contributed by atoms with van der Waals surface area (Å²) >= 11 is 0. The van der Waals surface area contributed by atoms with Gasteiger partial charge >= 0.3 is 0 Å². The molecule has 8 heteroatoms. The van der Waals surface area contributed by atoms with Crippen molar-refractivity contribution in [3.05, 3.63) is 66.8 Å². The molecule has 1 aromatic heterocycles. The molecule has 0 bridgehead atoms. The van der Waals surface area contributed by atoms with Crippen LogP contribution in [0.1, 0.15) is 0 Å². The Morgan fingerprint density at radius 1 is 1.17 bits per heavy atom. The molecule has 0 saturated heterocycles. The third-order valence-electron chi connectivity index (χ3n) is 3.08. The first-order valence-electron chi connectivity index (χ1n) is 6.94. The van der Waals surface area contributed by atoms with E-state index in [1.165, 1.54) is 59.8 Å². The molecular formula is C16H12F2N4O2. The van der Waals surface area contributed by atoms with Gasteiger partial charge in [0.05, 0.1) is 0 Å². The Labute approximate surface area is 135 Å². The van der Waals surface area contributed by atoms with Gasteiger partial charge in [0.1, 0.15) is 29.9 Å². The molecule has 2 aromatic carbocycles. The maximum absolute atomic E-state index is 14.0. The third-order valence-corrected chi connectivity index (χ3v) is 3.08. The van der Waals surface area contributed by atoms with Gasteiger partial charge in [-0.05, 0) is 42.5 Å². The standard InChI is InChI=1S/C16H12F2N4O2/c17-11-1-4-13(5-2-11)24-8-16(23)21-12-3-6-15(14(18)7-12)22-10-19-9-20-22/h1-7,9-10H,8H2,(H,21,23). The fourth-order valence-corrected chi connectivity index (χ4v) is 1.98. The fourth-order valence-electron chi connectivity index (χ4n) is 1.98. The number of carbonyl (C=O) groups is 1. The number of hydrogen-bond donors (Lipinski definition) is 1. The van der Waals surface area contributed by atoms with E-state index in [9.17, 15) is 13.6 Å². The third kappa shape index (κ3) is 3.72. The lowest BCUT2D eigenvalue weighted by Crippen LogP contribution is -2.20. The smallest absolute Gasteiger partial charge is 0.262 e. The van der Waals surface area contributed by atoms with Crippen LogP contribution in [0, 0.1) is 11.6 Å². The van der Waals surface area contributed by atoms with E-state index >= 15 is 0 Å². The highest BCUT2D eigenvalue weighted by Crippen LogP contribution is 2.17. The first kappa shape index (κ1) is 15.6. The summed E-state index contributed by atoms with van der Waals surface area (Å²) in [5, 5.41) is 6.35. The molecule has 24 heavy (non-hydrogen) atoms. The SMILES string of the molecule is O=C(COc1ccc(F)cc1)Nc1ccc(-n2cncn2)c(F)c1. The Bertz CT molecular complexity index is 836. The zero-order valence-corrected chi connectivity index (χ0v) is 12.3. The predicted molar refractivity (Wildman–Crippen MR) is 81.8 cm³/mol. The largest absolute Gasteiger partial charge is 0.484 e. The van der Waals surface area contributed by atoms with Gasteiger partial charge in [-0.3, -0.25) is 4.79 Å². The molecule has 0 aliphatic carbocycles. The second kappa shape index (κ2) is 6.86. The normalized spacial score (nSPS) is 10.4. The quantitative estimate of drug-likeness (QED) is 0.781. The Hall–Kier alpha value is -3.29. The number of ether oxygens (including phenoxy) is 1. The monoisotopic (exact) mass is 330 g/mol. The van der Waals surface area contributed by atoms with Crippen LogP contribution in [0.2, 0.25) is 0 Å². The second-order valence-electron chi connectivity index (χ2n) is 4.80. The molecule has 1 N–H and O–H groups in total. The fraction of sp³-hybridized carbons (Fsp3) is 0.0625. The summed E-state index contributed by atoms with van der Waals surface area (Å²) in [5.74, 6) is -1.06. The summed E-state index contributed by atoms with van der Waals surface area (Å²) in [6.45, 7) is -0.280. The molecule has 3 aromatic rings. The first-order valence-corrected chi connectivity index (χ1v) is 6.94. The second-order valence-corrected chi connectivity index (χ2v) is 4.80. The van der Waals surface area contributed by atoms with Gasteiger partial charge in [0.25, 0.3) is 5.91 Å². The van der Waals surface area contributed by atoms with Crippen molar-refractivity contribution in [3.63, 3.8) is 0 Å². The molecule has 1 heterocycles. The Balaban J connectivity index is 1.60. The minimum atomic E-state index is -0.558. The highest BCUT2D eigenvalue weighted by molar-refractivity contribution is 5.91. The van der Waals surface area contributed by atoms with Crippen LogP contribution in [0.25, 0.3) is 5.69 Å². The van der Waals surface area contributed by atoms with Crippen LogP contribution in [0.3, 0.4) is 0 Å². The minimum Gasteiger partial charge on any atom is -0.484 e. The van der Waals surface area contributed by atoms with Crippen molar-refractivity contribution >= 4 is 11.6 Å². The molecule has 0 aliphatic heterocycles. The molecule has 0 spiro atoms. The summed E-state index contributed by atoms with van der Waals surface area (Å²) < 4.78 is 33.3. The maximum Gasteiger partial charge on any atom is 0.262 e. The van der Waals surface area contributed by atoms with Crippen molar-refractivity contribution in [2.45, 2.75) is 0 Å². The van der Waals surface area contributed by atoms with Crippen molar-refractivity contribution in [1.29, 1.82) is 0 Å². The lowest BCUT2D eigenvalue weighted by atomic mass is 10.2. The van der Waals surface area contributed by atoms with E-state index < -0.39 is 17.5 Å². The highest BCUT2D eigenvalue weighted by atomic mass is 19.1. The average molecular weight is 330 g/mol. The highest BCUT2D eigenvalue weighted by Gasteiger charge is 2.09. The van der Waals surface area contributed by atoms with Gasteiger partial charge in [-0.1, -0.05) is 0 Å². The van der Waals surface area contributed by atoms with Gasteiger partial charge in [0.15, 0.2) is 12.4 Å². The van der Waals surface area contributed by atoms with E-state index in [-0.39, 0.29) is 18.0 Å². The summed E-state index contributed by atoms with van der Waals surface area (Å²) in [7, 11) is 0. The number of benzene rings is 2. The lowest BCUT2D eigenvalue weighted by molar-refractivity contribution is -0.118. The first-order chi connectivity index (χ1) is 11.6. The molecule has 0 radical (unpaired) electrons. The zero-order valence-electron chi connectivity index (χ0n) is 12.3. The minimum absolute atomic E-state index is 0.216. The molecule has 0 saturated carbocycles. The molecule has 1 amide bonds. The number of anilines is 1. The van der Waals surface area contributed by atoms with Gasteiger partial charge < -0.3 is 10.1 Å². The van der Waals surface area contributed by atoms with E-state index in [2.05, 4.69) is 15.4 Å². The molecule has 122 valence electrons. The van der Waals surface area contributed by atoms with E-state index in [0.29, 0.717) is 5.75 Å². The topological polar surface area (TPSA) is 69.0 Å². The molecule has 0 aliphatic rings. The van der Waals surface area contributed by atoms with Crippen molar-refractivity contribution in [3.8, 4) is 11.4 Å². The number of carbonyl (C=O) groups excluding carboxylic acids is 1. The molecule has 0 atom stereocenters. The number of aromatic nitrogens is 3. The van der Waals surface area contributed by atoms with Crippen LogP contribution >= 0.6 is 0 Å². The van der Waals surface area contributed by atoms with Gasteiger partial charge in [-0.25, -0.2) is 18.4 Å². The van der Waals surface area contributed by atoms with Crippen LogP contribution in [0.5, 0.6) is 5.75 Å². The molecule has 0 fully saturated rings. The van der Waals surface area contributed by atoms with Crippen molar-refractivity contribution in [2.75, 3.05) is 11.9 Å². The van der Waals surface area contributed by atoms with E-state index in [1.807, 2.05) is 0 Å². The van der Waals surface area contributed by atoms with Crippen molar-refractivity contribution < 1.29 is 18.3 Å². The number of amides is 1. The molecule has 3 rings (SSSR count). The summed E-state index contributed by atoms with van der Waals surface area (Å²) in [6.07, 6.45) is 2.66. The molecular weight excluding hydrogens is 318 g/mol. The van der Waals surface area contributed by atoms with Crippen LogP contribution in [0.4, 0.5) is 14.5 Å². The predicted octanol–water partition coefficient (Wildman–Crippen LogP) is 2.56. The van der Waals surface area contributed by atoms with Crippen LogP contribution in [0.15, 0.2) is 55.1 Å². The van der Waals surface area contributed by atoms with Crippen molar-refractivity contribution in [2.24, 2.45) is 0 Å². The summed E-state index contributed by atoms with van der Waals surface area (Å²) in [6, 6.07) is 9.46. The summed E-state index contributed by atoms with van der Waals surface area (Å²) in [4.78, 5) is 15.6. The maximum atomic E-state index is 14.0. The Morgan fingerprint density at radius 3 is 2.62 bits per heavy atom. The van der Waals surface area contributed by atoms with Crippen LogP contribution in [-0.4, -0.2) is 27.3 Å². The molecule has 6 nitrogen and oxygen atoms in total. The average Bonchev–Trinajstić information content (AvgIpc) is 3.09. The zero-order chi connectivity index (χ0) is 16.9. The van der Waals surface area contributed by atoms with Gasteiger partial charge in [0.2, 0.25) is 0 Å². The van der Waals surface area contributed by atoms with Gasteiger partial charge in [0, 0.05) is 5.69 Å². The Morgan fingerprint density at radius 2 is 1.96 bits per heavy atom. The lowest BCUT2D eigenvalue weighted by Gasteiger charge is -2.09.